The topological polar surface area (TPSA) is 108 Å². The van der Waals surface area contributed by atoms with Crippen LogP contribution in [-0.4, -0.2) is 40.9 Å². The summed E-state index contributed by atoms with van der Waals surface area (Å²) in [5, 5.41) is 8.25. The molecule has 1 heterocycles. The van der Waals surface area contributed by atoms with E-state index in [-0.39, 0.29) is 17.2 Å². The van der Waals surface area contributed by atoms with Crippen LogP contribution in [-0.2, 0) is 6.54 Å². The van der Waals surface area contributed by atoms with Crippen LogP contribution in [0.5, 0.6) is 5.75 Å². The summed E-state index contributed by atoms with van der Waals surface area (Å²) in [6.45, 7) is 1.43. The summed E-state index contributed by atoms with van der Waals surface area (Å²) in [6.07, 6.45) is -1.55. The molecule has 2 aromatic carbocycles. The monoisotopic (exact) mass is 527 g/mol. The summed E-state index contributed by atoms with van der Waals surface area (Å²) in [7, 11) is 0. The number of benzene rings is 2. The molecular weight excluding hydrogens is 507 g/mol. The number of H-pyrrole nitrogens is 1. The van der Waals surface area contributed by atoms with Crippen molar-refractivity contribution in [2.45, 2.75) is 12.9 Å². The number of amides is 2. The van der Waals surface area contributed by atoms with Gasteiger partial charge in [-0.05, 0) is 35.6 Å². The molecule has 0 atom stereocenters. The normalized spacial score (nSPS) is 11.2. The maximum absolute atomic E-state index is 12.5. The molecule has 3 rings (SSSR count). The van der Waals surface area contributed by atoms with E-state index in [0.29, 0.717) is 17.1 Å². The molecule has 0 aliphatic heterocycles. The molecule has 1 aromatic heterocycles. The Bertz CT molecular complexity index is 1240. The zero-order valence-corrected chi connectivity index (χ0v) is 19.9. The van der Waals surface area contributed by atoms with Crippen molar-refractivity contribution in [2.24, 2.45) is 0 Å². The number of carbonyl (C=O) groups is 1. The van der Waals surface area contributed by atoms with Crippen molar-refractivity contribution in [1.29, 1.82) is 0 Å². The number of hydrogen-bond acceptors (Lipinski definition) is 6. The minimum Gasteiger partial charge on any atom is -0.404 e. The Labute approximate surface area is 207 Å². The van der Waals surface area contributed by atoms with Gasteiger partial charge in [0.2, 0.25) is 5.95 Å². The molecule has 3 aromatic rings. The van der Waals surface area contributed by atoms with Crippen molar-refractivity contribution in [2.75, 3.05) is 29.2 Å². The van der Waals surface area contributed by atoms with Crippen LogP contribution in [0, 0.1) is 0 Å². The Hall–Kier alpha value is -3.22. The second-order valence-electron chi connectivity index (χ2n) is 7.07. The molecular formula is C22H21ClF3N5O3S. The fourth-order valence-electron chi connectivity index (χ4n) is 2.97. The highest BCUT2D eigenvalue weighted by Crippen LogP contribution is 2.30. The quantitative estimate of drug-likeness (QED) is 0.289. The van der Waals surface area contributed by atoms with Gasteiger partial charge in [-0.25, -0.2) is 4.79 Å². The summed E-state index contributed by atoms with van der Waals surface area (Å²) in [4.78, 5) is 31.2. The summed E-state index contributed by atoms with van der Waals surface area (Å²) >= 11 is 8.08. The molecule has 35 heavy (non-hydrogen) atoms. The molecule has 13 heteroatoms. The number of rotatable bonds is 9. The fourth-order valence-corrected chi connectivity index (χ4v) is 3.56. The van der Waals surface area contributed by atoms with Gasteiger partial charge in [-0.2, -0.15) is 16.7 Å². The Balaban J connectivity index is 1.67. The summed E-state index contributed by atoms with van der Waals surface area (Å²) in [5.41, 5.74) is 0.779. The van der Waals surface area contributed by atoms with E-state index >= 15 is 0 Å². The number of aromatic amines is 1. The smallest absolute Gasteiger partial charge is 0.404 e. The van der Waals surface area contributed by atoms with Crippen LogP contribution >= 0.6 is 23.4 Å². The highest BCUT2D eigenvalue weighted by molar-refractivity contribution is 7.98. The number of nitrogens with one attached hydrogen (secondary N) is 4. The number of hydrogen-bond donors (Lipinski definition) is 4. The van der Waals surface area contributed by atoms with E-state index in [1.54, 1.807) is 23.9 Å². The van der Waals surface area contributed by atoms with E-state index in [9.17, 15) is 22.8 Å². The number of anilines is 2. The number of nitrogens with zero attached hydrogens (tertiary/aromatic N) is 1. The zero-order valence-electron chi connectivity index (χ0n) is 18.3. The van der Waals surface area contributed by atoms with E-state index in [1.165, 1.54) is 24.4 Å². The number of thioether (sulfide) groups is 1. The summed E-state index contributed by atoms with van der Waals surface area (Å²) < 4.78 is 41.5. The van der Waals surface area contributed by atoms with E-state index < -0.39 is 23.7 Å². The predicted octanol–water partition coefficient (Wildman–Crippen LogP) is 5.09. The molecule has 0 aliphatic carbocycles. The maximum atomic E-state index is 12.5. The van der Waals surface area contributed by atoms with Crippen molar-refractivity contribution in [3.05, 3.63) is 69.6 Å². The van der Waals surface area contributed by atoms with Gasteiger partial charge in [-0.15, -0.1) is 13.2 Å². The SMILES string of the molecule is CSCCNCc1ccc(-c2c[nH]c(NC(=O)Nc3ccccc3OC(F)(F)F)nc2=O)cc1Cl. The molecule has 0 fully saturated rings. The average Bonchev–Trinajstić information content (AvgIpc) is 2.78. The first-order chi connectivity index (χ1) is 16.7. The molecule has 2 amide bonds. The fraction of sp³-hybridized carbons (Fsp3) is 0.227. The van der Waals surface area contributed by atoms with Crippen LogP contribution in [0.15, 0.2) is 53.5 Å². The van der Waals surface area contributed by atoms with Gasteiger partial charge < -0.3 is 20.4 Å². The summed E-state index contributed by atoms with van der Waals surface area (Å²) in [5.74, 6) is 0.182. The van der Waals surface area contributed by atoms with Crippen molar-refractivity contribution in [3.63, 3.8) is 0 Å². The third kappa shape index (κ3) is 7.91. The zero-order chi connectivity index (χ0) is 25.4. The standard InChI is InChI=1S/C22H21ClF3N5O3S/c1-35-9-8-27-11-14-7-6-13(10-16(14)23)15-12-28-20(30-19(15)32)31-21(33)29-17-4-2-3-5-18(17)34-22(24,25)26/h2-7,10,12,27H,8-9,11H2,1H3,(H3,28,29,30,31,32,33). The number of urea groups is 1. The lowest BCUT2D eigenvalue weighted by Crippen LogP contribution is -2.24. The van der Waals surface area contributed by atoms with E-state index in [0.717, 1.165) is 23.9 Å². The highest BCUT2D eigenvalue weighted by Gasteiger charge is 2.32. The van der Waals surface area contributed by atoms with Crippen molar-refractivity contribution >= 4 is 41.0 Å². The van der Waals surface area contributed by atoms with Gasteiger partial charge in [0.15, 0.2) is 5.75 Å². The minimum absolute atomic E-state index is 0.203. The van der Waals surface area contributed by atoms with Gasteiger partial charge in [0.25, 0.3) is 5.56 Å². The van der Waals surface area contributed by atoms with E-state index in [1.807, 2.05) is 12.3 Å². The molecule has 0 radical (unpaired) electrons. The second kappa shape index (κ2) is 12.0. The van der Waals surface area contributed by atoms with Crippen LogP contribution in [0.25, 0.3) is 11.1 Å². The van der Waals surface area contributed by atoms with Gasteiger partial charge in [-0.1, -0.05) is 35.9 Å². The van der Waals surface area contributed by atoms with Crippen molar-refractivity contribution in [3.8, 4) is 16.9 Å². The lowest BCUT2D eigenvalue weighted by Gasteiger charge is -2.14. The average molecular weight is 528 g/mol. The third-order valence-corrected chi connectivity index (χ3v) is 5.52. The van der Waals surface area contributed by atoms with Crippen molar-refractivity contribution < 1.29 is 22.7 Å². The maximum Gasteiger partial charge on any atom is 0.573 e. The summed E-state index contributed by atoms with van der Waals surface area (Å²) in [6, 6.07) is 9.29. The Morgan fingerprint density at radius 1 is 1.20 bits per heavy atom. The van der Waals surface area contributed by atoms with Crippen LogP contribution in [0.3, 0.4) is 0 Å². The number of para-hydroxylation sites is 2. The number of carbonyl (C=O) groups excluding carboxylic acids is 1. The molecule has 0 bridgehead atoms. The molecule has 4 N–H and O–H groups in total. The van der Waals surface area contributed by atoms with Gasteiger partial charge in [0.05, 0.1) is 11.3 Å². The van der Waals surface area contributed by atoms with E-state index in [4.69, 9.17) is 11.6 Å². The first-order valence-electron chi connectivity index (χ1n) is 10.2. The number of ether oxygens (including phenoxy) is 1. The number of aromatic nitrogens is 2. The first kappa shape index (κ1) is 26.4. The first-order valence-corrected chi connectivity index (χ1v) is 11.9. The molecule has 0 unspecified atom stereocenters. The van der Waals surface area contributed by atoms with Crippen LogP contribution in [0.2, 0.25) is 5.02 Å². The Kier molecular flexibility index (Phi) is 9.01. The molecule has 0 saturated carbocycles. The van der Waals surface area contributed by atoms with Gasteiger partial charge >= 0.3 is 12.4 Å². The second-order valence-corrected chi connectivity index (χ2v) is 8.46. The van der Waals surface area contributed by atoms with Gasteiger partial charge in [-0.3, -0.25) is 10.1 Å². The van der Waals surface area contributed by atoms with Crippen molar-refractivity contribution in [1.82, 2.24) is 15.3 Å². The van der Waals surface area contributed by atoms with E-state index in [2.05, 4.69) is 30.7 Å². The predicted molar refractivity (Wildman–Crippen MR) is 131 cm³/mol. The van der Waals surface area contributed by atoms with Crippen LogP contribution in [0.1, 0.15) is 5.56 Å². The molecule has 186 valence electrons. The lowest BCUT2D eigenvalue weighted by molar-refractivity contribution is -0.274. The number of halogens is 4. The molecule has 0 saturated heterocycles. The molecule has 0 aliphatic rings. The van der Waals surface area contributed by atoms with Crippen LogP contribution < -0.4 is 26.2 Å². The minimum atomic E-state index is -4.93. The van der Waals surface area contributed by atoms with Crippen LogP contribution in [0.4, 0.5) is 29.6 Å². The number of alkyl halides is 3. The molecule has 0 spiro atoms. The van der Waals surface area contributed by atoms with Gasteiger partial charge in [0, 0.05) is 30.1 Å². The largest absolute Gasteiger partial charge is 0.573 e. The molecule has 8 nitrogen and oxygen atoms in total. The highest BCUT2D eigenvalue weighted by atomic mass is 35.5. The van der Waals surface area contributed by atoms with Gasteiger partial charge in [0.1, 0.15) is 0 Å². The Morgan fingerprint density at radius 2 is 1.97 bits per heavy atom. The third-order valence-electron chi connectivity index (χ3n) is 4.55. The lowest BCUT2D eigenvalue weighted by atomic mass is 10.1. The Morgan fingerprint density at radius 3 is 2.66 bits per heavy atom.